The van der Waals surface area contributed by atoms with Crippen LogP contribution in [-0.4, -0.2) is 22.7 Å². The lowest BCUT2D eigenvalue weighted by atomic mass is 9.96. The summed E-state index contributed by atoms with van der Waals surface area (Å²) in [4.78, 5) is 15.7. The minimum atomic E-state index is -0.960. The molecule has 0 aromatic carbocycles. The van der Waals surface area contributed by atoms with E-state index in [0.717, 1.165) is 5.01 Å². The number of carboxylic acid groups (broad SMARTS) is 1. The Hall–Kier alpha value is -2.13. The zero-order chi connectivity index (χ0) is 16.3. The van der Waals surface area contributed by atoms with Crippen molar-refractivity contribution < 1.29 is 14.6 Å². The zero-order valence-electron chi connectivity index (χ0n) is 12.8. The van der Waals surface area contributed by atoms with Gasteiger partial charge in [-0.2, -0.15) is 5.26 Å². The first-order chi connectivity index (χ1) is 10.4. The van der Waals surface area contributed by atoms with Crippen molar-refractivity contribution in [3.63, 3.8) is 0 Å². The van der Waals surface area contributed by atoms with Gasteiger partial charge in [0.05, 0.1) is 17.9 Å². The van der Waals surface area contributed by atoms with Crippen LogP contribution in [-0.2, 0) is 4.74 Å². The van der Waals surface area contributed by atoms with Crippen LogP contribution in [0.2, 0.25) is 0 Å². The summed E-state index contributed by atoms with van der Waals surface area (Å²) in [6, 6.07) is 2.15. The third-order valence-corrected chi connectivity index (χ3v) is 4.49. The SMILES string of the molecule is Cc1nc(C2C=C(C#N)C(OCC(C)C)=CC2)sc1C(=O)O. The first kappa shape index (κ1) is 16.2. The van der Waals surface area contributed by atoms with E-state index >= 15 is 0 Å². The molecule has 6 heteroatoms. The Kier molecular flexibility index (Phi) is 4.99. The van der Waals surface area contributed by atoms with Gasteiger partial charge in [-0.3, -0.25) is 0 Å². The molecule has 1 aromatic rings. The average molecular weight is 318 g/mol. The number of nitriles is 1. The third kappa shape index (κ3) is 3.55. The second-order valence-corrected chi connectivity index (χ2v) is 6.61. The van der Waals surface area contributed by atoms with Gasteiger partial charge >= 0.3 is 5.97 Å². The number of allylic oxidation sites excluding steroid dienone is 3. The van der Waals surface area contributed by atoms with Crippen LogP contribution in [0.4, 0.5) is 0 Å². The molecule has 1 N–H and O–H groups in total. The molecular weight excluding hydrogens is 300 g/mol. The number of ether oxygens (including phenoxy) is 1. The van der Waals surface area contributed by atoms with Crippen LogP contribution in [0.1, 0.15) is 46.6 Å². The van der Waals surface area contributed by atoms with Crippen molar-refractivity contribution in [2.75, 3.05) is 6.61 Å². The second-order valence-electron chi connectivity index (χ2n) is 5.58. The highest BCUT2D eigenvalue weighted by atomic mass is 32.1. The van der Waals surface area contributed by atoms with Crippen molar-refractivity contribution in [1.82, 2.24) is 4.98 Å². The van der Waals surface area contributed by atoms with E-state index in [1.807, 2.05) is 26.0 Å². The molecule has 0 bridgehead atoms. The highest BCUT2D eigenvalue weighted by Crippen LogP contribution is 2.34. The predicted molar refractivity (Wildman–Crippen MR) is 83.7 cm³/mol. The van der Waals surface area contributed by atoms with Gasteiger partial charge in [-0.25, -0.2) is 9.78 Å². The predicted octanol–water partition coefficient (Wildman–Crippen LogP) is 3.64. The van der Waals surface area contributed by atoms with Crippen LogP contribution >= 0.6 is 11.3 Å². The number of carbonyl (C=O) groups is 1. The van der Waals surface area contributed by atoms with Crippen molar-refractivity contribution >= 4 is 17.3 Å². The number of rotatable bonds is 5. The highest BCUT2D eigenvalue weighted by molar-refractivity contribution is 7.13. The van der Waals surface area contributed by atoms with Crippen LogP contribution < -0.4 is 0 Å². The van der Waals surface area contributed by atoms with E-state index in [1.165, 1.54) is 11.3 Å². The fourth-order valence-electron chi connectivity index (χ4n) is 2.13. The Morgan fingerprint density at radius 1 is 1.64 bits per heavy atom. The van der Waals surface area contributed by atoms with Crippen molar-refractivity contribution in [1.29, 1.82) is 5.26 Å². The van der Waals surface area contributed by atoms with Gasteiger partial charge in [0.15, 0.2) is 0 Å². The summed E-state index contributed by atoms with van der Waals surface area (Å²) in [6.45, 7) is 6.35. The number of thiazole rings is 1. The van der Waals surface area contributed by atoms with Gasteiger partial charge in [-0.15, -0.1) is 11.3 Å². The molecule has 0 saturated heterocycles. The molecule has 22 heavy (non-hydrogen) atoms. The summed E-state index contributed by atoms with van der Waals surface area (Å²) in [5.74, 6) is -0.0339. The minimum absolute atomic E-state index is 0.0714. The molecule has 0 amide bonds. The van der Waals surface area contributed by atoms with E-state index in [4.69, 9.17) is 9.84 Å². The molecule has 1 aromatic heterocycles. The zero-order valence-corrected chi connectivity index (χ0v) is 13.6. The molecule has 2 rings (SSSR count). The van der Waals surface area contributed by atoms with Crippen molar-refractivity contribution in [2.24, 2.45) is 5.92 Å². The Balaban J connectivity index is 2.20. The van der Waals surface area contributed by atoms with E-state index in [-0.39, 0.29) is 10.8 Å². The molecule has 0 spiro atoms. The first-order valence-electron chi connectivity index (χ1n) is 7.08. The average Bonchev–Trinajstić information content (AvgIpc) is 2.87. The Morgan fingerprint density at radius 2 is 2.36 bits per heavy atom. The van der Waals surface area contributed by atoms with Gasteiger partial charge in [0.2, 0.25) is 0 Å². The van der Waals surface area contributed by atoms with Crippen LogP contribution in [0, 0.1) is 24.2 Å². The van der Waals surface area contributed by atoms with Gasteiger partial charge < -0.3 is 9.84 Å². The fraction of sp³-hybridized carbons (Fsp3) is 0.438. The van der Waals surface area contributed by atoms with Crippen molar-refractivity contribution in [3.05, 3.63) is 39.1 Å². The number of aromatic carboxylic acids is 1. The van der Waals surface area contributed by atoms with Crippen LogP contribution in [0.15, 0.2) is 23.5 Å². The molecule has 1 atom stereocenters. The Morgan fingerprint density at radius 3 is 2.91 bits per heavy atom. The van der Waals surface area contributed by atoms with Crippen molar-refractivity contribution in [3.8, 4) is 6.07 Å². The Bertz CT molecular complexity index is 680. The summed E-state index contributed by atoms with van der Waals surface area (Å²) >= 11 is 1.17. The quantitative estimate of drug-likeness (QED) is 0.896. The molecule has 1 aliphatic carbocycles. The molecule has 0 fully saturated rings. The van der Waals surface area contributed by atoms with Gasteiger partial charge in [0, 0.05) is 5.92 Å². The fourth-order valence-corrected chi connectivity index (χ4v) is 3.12. The topological polar surface area (TPSA) is 83.2 Å². The van der Waals surface area contributed by atoms with E-state index in [2.05, 4.69) is 11.1 Å². The summed E-state index contributed by atoms with van der Waals surface area (Å²) < 4.78 is 5.66. The number of aromatic nitrogens is 1. The molecule has 116 valence electrons. The van der Waals surface area contributed by atoms with Crippen molar-refractivity contribution in [2.45, 2.75) is 33.1 Å². The summed E-state index contributed by atoms with van der Waals surface area (Å²) in [5, 5.41) is 19.1. The number of carboxylic acids is 1. The molecule has 1 unspecified atom stereocenters. The molecule has 1 heterocycles. The van der Waals surface area contributed by atoms with Gasteiger partial charge in [-0.1, -0.05) is 19.9 Å². The van der Waals surface area contributed by atoms with Gasteiger partial charge in [-0.05, 0) is 25.3 Å². The number of hydrogen-bond donors (Lipinski definition) is 1. The maximum Gasteiger partial charge on any atom is 0.347 e. The van der Waals surface area contributed by atoms with Gasteiger partial charge in [0.1, 0.15) is 21.7 Å². The molecule has 0 saturated carbocycles. The summed E-state index contributed by atoms with van der Waals surface area (Å²) in [6.07, 6.45) is 4.37. The number of hydrogen-bond acceptors (Lipinski definition) is 5. The summed E-state index contributed by atoms with van der Waals surface area (Å²) in [5.41, 5.74) is 1.01. The lowest BCUT2D eigenvalue weighted by molar-refractivity contribution is 0.0701. The standard InChI is InChI=1S/C16H18N2O3S/c1-9(2)8-21-13-5-4-11(6-12(13)7-17)15-18-10(3)14(22-15)16(19)20/h5-6,9,11H,4,8H2,1-3H3,(H,19,20). The highest BCUT2D eigenvalue weighted by Gasteiger charge is 2.23. The maximum atomic E-state index is 11.1. The van der Waals surface area contributed by atoms with Crippen LogP contribution in [0.25, 0.3) is 0 Å². The minimum Gasteiger partial charge on any atom is -0.492 e. The second kappa shape index (κ2) is 6.75. The van der Waals surface area contributed by atoms with E-state index < -0.39 is 5.97 Å². The molecule has 0 radical (unpaired) electrons. The smallest absolute Gasteiger partial charge is 0.347 e. The maximum absolute atomic E-state index is 11.1. The lowest BCUT2D eigenvalue weighted by Crippen LogP contribution is -2.08. The lowest BCUT2D eigenvalue weighted by Gasteiger charge is -2.18. The third-order valence-electron chi connectivity index (χ3n) is 3.21. The van der Waals surface area contributed by atoms with Gasteiger partial charge in [0.25, 0.3) is 0 Å². The number of aryl methyl sites for hydroxylation is 1. The normalized spacial score (nSPS) is 17.7. The summed E-state index contributed by atoms with van der Waals surface area (Å²) in [7, 11) is 0. The van der Waals surface area contributed by atoms with E-state index in [9.17, 15) is 10.1 Å². The van der Waals surface area contributed by atoms with E-state index in [1.54, 1.807) is 6.92 Å². The Labute approximate surface area is 133 Å². The van der Waals surface area contributed by atoms with Crippen LogP contribution in [0.5, 0.6) is 0 Å². The molecular formula is C16H18N2O3S. The number of nitrogens with zero attached hydrogens (tertiary/aromatic N) is 2. The first-order valence-corrected chi connectivity index (χ1v) is 7.89. The molecule has 0 aliphatic heterocycles. The van der Waals surface area contributed by atoms with Crippen LogP contribution in [0.3, 0.4) is 0 Å². The monoisotopic (exact) mass is 318 g/mol. The van der Waals surface area contributed by atoms with E-state index in [0.29, 0.717) is 36.0 Å². The largest absolute Gasteiger partial charge is 0.492 e. The molecule has 1 aliphatic rings. The molecule has 5 nitrogen and oxygen atoms in total.